The Balaban J connectivity index is 2.08. The highest BCUT2D eigenvalue weighted by molar-refractivity contribution is 7.85. The molecule has 0 aliphatic rings. The second kappa shape index (κ2) is 5.54. The molecule has 0 amide bonds. The Bertz CT molecular complexity index is 587. The van der Waals surface area contributed by atoms with E-state index >= 15 is 0 Å². The maximum atomic E-state index is 12.7. The molecule has 1 unspecified atom stereocenters. The van der Waals surface area contributed by atoms with Gasteiger partial charge in [-0.3, -0.25) is 9.00 Å². The second-order valence-electron chi connectivity index (χ2n) is 3.78. The van der Waals surface area contributed by atoms with Gasteiger partial charge in [0.1, 0.15) is 5.82 Å². The van der Waals surface area contributed by atoms with Crippen LogP contribution in [0, 0.1) is 12.7 Å². The van der Waals surface area contributed by atoms with E-state index in [1.165, 1.54) is 35.6 Å². The molecule has 2 rings (SSSR count). The maximum Gasteiger partial charge on any atom is 0.185 e. The van der Waals surface area contributed by atoms with E-state index in [9.17, 15) is 13.4 Å². The molecule has 0 saturated carbocycles. The minimum atomic E-state index is -1.42. The Hall–Kier alpha value is -1.33. The van der Waals surface area contributed by atoms with Gasteiger partial charge in [0.2, 0.25) is 0 Å². The molecule has 0 radical (unpaired) electrons. The van der Waals surface area contributed by atoms with E-state index in [-0.39, 0.29) is 17.4 Å². The van der Waals surface area contributed by atoms with Crippen molar-refractivity contribution in [3.05, 3.63) is 52.0 Å². The predicted molar refractivity (Wildman–Crippen MR) is 71.1 cm³/mol. The predicted octanol–water partition coefficient (Wildman–Crippen LogP) is 3.19. The van der Waals surface area contributed by atoms with Gasteiger partial charge >= 0.3 is 0 Å². The monoisotopic (exact) mass is 282 g/mol. The highest BCUT2D eigenvalue weighted by Gasteiger charge is 2.13. The molecular weight excluding hydrogens is 271 g/mol. The average Bonchev–Trinajstić information content (AvgIpc) is 2.76. The Kier molecular flexibility index (Phi) is 4.04. The molecule has 0 spiro atoms. The Morgan fingerprint density at radius 3 is 2.44 bits per heavy atom. The molecule has 1 aromatic carbocycles. The van der Waals surface area contributed by atoms with Crippen molar-refractivity contribution in [3.8, 4) is 0 Å². The van der Waals surface area contributed by atoms with E-state index in [1.54, 1.807) is 6.07 Å². The van der Waals surface area contributed by atoms with E-state index in [1.807, 2.05) is 13.0 Å². The quantitative estimate of drug-likeness (QED) is 0.807. The van der Waals surface area contributed by atoms with Gasteiger partial charge in [-0.05, 0) is 43.3 Å². The SMILES string of the molecule is Cc1ccc(C(=O)CS(=O)c2ccc(F)cc2)s1. The molecular formula is C13H11FO2S2. The first kappa shape index (κ1) is 13.1. The van der Waals surface area contributed by atoms with Gasteiger partial charge in [0.25, 0.3) is 0 Å². The number of halogens is 1. The third-order valence-electron chi connectivity index (χ3n) is 2.35. The third-order valence-corrected chi connectivity index (χ3v) is 4.72. The molecule has 1 aromatic heterocycles. The zero-order valence-corrected chi connectivity index (χ0v) is 11.3. The van der Waals surface area contributed by atoms with Gasteiger partial charge in [-0.25, -0.2) is 4.39 Å². The standard InChI is InChI=1S/C13H11FO2S2/c1-9-2-7-13(17-9)12(15)8-18(16)11-5-3-10(14)4-6-11/h2-7H,8H2,1H3. The van der Waals surface area contributed by atoms with E-state index in [0.29, 0.717) is 9.77 Å². The summed E-state index contributed by atoms with van der Waals surface area (Å²) in [5.74, 6) is -0.585. The van der Waals surface area contributed by atoms with Gasteiger partial charge in [0, 0.05) is 9.77 Å². The average molecular weight is 282 g/mol. The topological polar surface area (TPSA) is 34.1 Å². The van der Waals surface area contributed by atoms with Crippen molar-refractivity contribution < 1.29 is 13.4 Å². The number of benzene rings is 1. The van der Waals surface area contributed by atoms with Crippen LogP contribution in [0.15, 0.2) is 41.3 Å². The summed E-state index contributed by atoms with van der Waals surface area (Å²) in [5, 5.41) is 0. The summed E-state index contributed by atoms with van der Waals surface area (Å²) >= 11 is 1.39. The van der Waals surface area contributed by atoms with Crippen LogP contribution in [0.5, 0.6) is 0 Å². The number of carbonyl (C=O) groups is 1. The normalized spacial score (nSPS) is 12.3. The number of hydrogen-bond donors (Lipinski definition) is 0. The lowest BCUT2D eigenvalue weighted by molar-refractivity contribution is 0.102. The van der Waals surface area contributed by atoms with Crippen LogP contribution in [0.2, 0.25) is 0 Å². The molecule has 2 nitrogen and oxygen atoms in total. The van der Waals surface area contributed by atoms with Crippen molar-refractivity contribution in [2.24, 2.45) is 0 Å². The van der Waals surface area contributed by atoms with Crippen LogP contribution >= 0.6 is 11.3 Å². The first-order valence-electron chi connectivity index (χ1n) is 5.30. The third kappa shape index (κ3) is 3.11. The van der Waals surface area contributed by atoms with Gasteiger partial charge in [0.15, 0.2) is 5.78 Å². The summed E-state index contributed by atoms with van der Waals surface area (Å²) < 4.78 is 24.6. The minimum absolute atomic E-state index is 0.0639. The largest absolute Gasteiger partial charge is 0.292 e. The number of ketones is 1. The smallest absolute Gasteiger partial charge is 0.185 e. The van der Waals surface area contributed by atoms with Crippen molar-refractivity contribution in [1.82, 2.24) is 0 Å². The van der Waals surface area contributed by atoms with Crippen LogP contribution in [0.3, 0.4) is 0 Å². The molecule has 94 valence electrons. The Morgan fingerprint density at radius 1 is 1.22 bits per heavy atom. The Labute approximate surface area is 111 Å². The molecule has 0 bridgehead atoms. The van der Waals surface area contributed by atoms with Gasteiger partial charge in [-0.2, -0.15) is 0 Å². The van der Waals surface area contributed by atoms with Crippen molar-refractivity contribution in [1.29, 1.82) is 0 Å². The molecule has 0 aliphatic carbocycles. The highest BCUT2D eigenvalue weighted by atomic mass is 32.2. The molecule has 0 N–H and O–H groups in total. The number of Topliss-reactive ketones (excluding diaryl/α,β-unsaturated/α-hetero) is 1. The van der Waals surface area contributed by atoms with Crippen molar-refractivity contribution >= 4 is 27.9 Å². The fraction of sp³-hybridized carbons (Fsp3) is 0.154. The maximum absolute atomic E-state index is 12.7. The van der Waals surface area contributed by atoms with Crippen LogP contribution in [0.25, 0.3) is 0 Å². The van der Waals surface area contributed by atoms with Crippen LogP contribution in [0.4, 0.5) is 4.39 Å². The fourth-order valence-corrected chi connectivity index (χ4v) is 3.34. The fourth-order valence-electron chi connectivity index (χ4n) is 1.44. The lowest BCUT2D eigenvalue weighted by atomic mass is 10.3. The molecule has 1 atom stereocenters. The molecule has 1 heterocycles. The summed E-state index contributed by atoms with van der Waals surface area (Å²) in [6, 6.07) is 8.97. The summed E-state index contributed by atoms with van der Waals surface area (Å²) in [6.45, 7) is 1.92. The van der Waals surface area contributed by atoms with Crippen LogP contribution in [0.1, 0.15) is 14.5 Å². The summed E-state index contributed by atoms with van der Waals surface area (Å²) in [7, 11) is -1.42. The molecule has 18 heavy (non-hydrogen) atoms. The van der Waals surface area contributed by atoms with E-state index in [4.69, 9.17) is 0 Å². The number of hydrogen-bond acceptors (Lipinski definition) is 3. The van der Waals surface area contributed by atoms with Crippen molar-refractivity contribution in [2.45, 2.75) is 11.8 Å². The van der Waals surface area contributed by atoms with E-state index in [0.717, 1.165) is 4.88 Å². The van der Waals surface area contributed by atoms with E-state index < -0.39 is 10.8 Å². The first-order valence-corrected chi connectivity index (χ1v) is 7.43. The number of carbonyl (C=O) groups excluding carboxylic acids is 1. The summed E-state index contributed by atoms with van der Waals surface area (Å²) in [5.41, 5.74) is 0. The minimum Gasteiger partial charge on any atom is -0.292 e. The second-order valence-corrected chi connectivity index (χ2v) is 6.52. The molecule has 2 aromatic rings. The Morgan fingerprint density at radius 2 is 1.89 bits per heavy atom. The summed E-state index contributed by atoms with van der Waals surface area (Å²) in [4.78, 5) is 14.0. The van der Waals surface area contributed by atoms with Gasteiger partial charge < -0.3 is 0 Å². The van der Waals surface area contributed by atoms with Crippen molar-refractivity contribution in [3.63, 3.8) is 0 Å². The van der Waals surface area contributed by atoms with Crippen LogP contribution < -0.4 is 0 Å². The highest BCUT2D eigenvalue weighted by Crippen LogP contribution is 2.17. The molecule has 0 saturated heterocycles. The molecule has 5 heteroatoms. The van der Waals surface area contributed by atoms with Gasteiger partial charge in [-0.1, -0.05) is 0 Å². The number of aryl methyl sites for hydroxylation is 1. The molecule has 0 aliphatic heterocycles. The number of thiophene rings is 1. The lowest BCUT2D eigenvalue weighted by Crippen LogP contribution is -2.09. The lowest BCUT2D eigenvalue weighted by Gasteiger charge is -2.00. The van der Waals surface area contributed by atoms with Gasteiger partial charge in [-0.15, -0.1) is 11.3 Å². The summed E-state index contributed by atoms with van der Waals surface area (Å²) in [6.07, 6.45) is 0. The van der Waals surface area contributed by atoms with Crippen molar-refractivity contribution in [2.75, 3.05) is 5.75 Å². The molecule has 0 fully saturated rings. The number of rotatable bonds is 4. The zero-order valence-electron chi connectivity index (χ0n) is 9.68. The van der Waals surface area contributed by atoms with Crippen LogP contribution in [-0.2, 0) is 10.8 Å². The zero-order chi connectivity index (χ0) is 13.1. The van der Waals surface area contributed by atoms with Crippen LogP contribution in [-0.4, -0.2) is 15.7 Å². The van der Waals surface area contributed by atoms with E-state index in [2.05, 4.69) is 0 Å². The van der Waals surface area contributed by atoms with Gasteiger partial charge in [0.05, 0.1) is 21.4 Å². The first-order chi connectivity index (χ1) is 8.56.